The van der Waals surface area contributed by atoms with Crippen LogP contribution in [0, 0.1) is 0 Å². The van der Waals surface area contributed by atoms with E-state index in [9.17, 15) is 0 Å². The highest BCUT2D eigenvalue weighted by molar-refractivity contribution is 5.35. The van der Waals surface area contributed by atoms with Crippen molar-refractivity contribution in [3.8, 4) is 5.75 Å². The molecule has 2 rings (SSSR count). The van der Waals surface area contributed by atoms with Crippen LogP contribution in [0.1, 0.15) is 31.7 Å². The zero-order chi connectivity index (χ0) is 15.6. The van der Waals surface area contributed by atoms with Crippen molar-refractivity contribution < 1.29 is 14.2 Å². The van der Waals surface area contributed by atoms with Gasteiger partial charge in [-0.15, -0.1) is 0 Å². The summed E-state index contributed by atoms with van der Waals surface area (Å²) in [6.07, 6.45) is 1.12. The molecule has 1 aromatic rings. The smallest absolute Gasteiger partial charge is 0.122 e. The fourth-order valence-electron chi connectivity index (χ4n) is 2.57. The van der Waals surface area contributed by atoms with Crippen LogP contribution >= 0.6 is 0 Å². The number of rotatable bonds is 9. The van der Waals surface area contributed by atoms with Crippen LogP contribution in [0.3, 0.4) is 0 Å². The number of ether oxygens (including phenoxy) is 3. The molecule has 1 unspecified atom stereocenters. The van der Waals surface area contributed by atoms with Crippen molar-refractivity contribution in [2.75, 3.05) is 52.7 Å². The summed E-state index contributed by atoms with van der Waals surface area (Å²) >= 11 is 0. The van der Waals surface area contributed by atoms with Crippen LogP contribution in [0.5, 0.6) is 5.75 Å². The Morgan fingerprint density at radius 1 is 1.14 bits per heavy atom. The Kier molecular flexibility index (Phi) is 7.71. The van der Waals surface area contributed by atoms with Gasteiger partial charge < -0.3 is 14.2 Å². The van der Waals surface area contributed by atoms with Crippen LogP contribution in [0.25, 0.3) is 0 Å². The van der Waals surface area contributed by atoms with Gasteiger partial charge >= 0.3 is 0 Å². The van der Waals surface area contributed by atoms with Crippen molar-refractivity contribution in [2.45, 2.75) is 26.2 Å². The molecule has 1 aliphatic rings. The summed E-state index contributed by atoms with van der Waals surface area (Å²) in [6.45, 7) is 11.1. The molecule has 0 N–H and O–H groups in total. The Balaban J connectivity index is 1.62. The molecule has 1 aliphatic heterocycles. The van der Waals surface area contributed by atoms with Gasteiger partial charge in [0.15, 0.2) is 0 Å². The minimum Gasteiger partial charge on any atom is -0.491 e. The third-order valence-corrected chi connectivity index (χ3v) is 4.20. The van der Waals surface area contributed by atoms with Crippen LogP contribution in [0.15, 0.2) is 24.3 Å². The number of benzene rings is 1. The first-order valence-electron chi connectivity index (χ1n) is 8.40. The summed E-state index contributed by atoms with van der Waals surface area (Å²) < 4.78 is 16.9. The average Bonchev–Trinajstić information content (AvgIpc) is 2.58. The van der Waals surface area contributed by atoms with E-state index in [1.54, 1.807) is 0 Å². The lowest BCUT2D eigenvalue weighted by Crippen LogP contribution is -2.38. The molecule has 22 heavy (non-hydrogen) atoms. The van der Waals surface area contributed by atoms with Crippen LogP contribution in [0.2, 0.25) is 0 Å². The first kappa shape index (κ1) is 17.3. The number of nitrogens with zero attached hydrogens (tertiary/aromatic N) is 1. The second-order valence-electron chi connectivity index (χ2n) is 5.76. The van der Waals surface area contributed by atoms with Gasteiger partial charge in [-0.05, 0) is 24.0 Å². The minimum absolute atomic E-state index is 0.526. The molecule has 0 aromatic heterocycles. The summed E-state index contributed by atoms with van der Waals surface area (Å²) in [5.74, 6) is 1.52. The van der Waals surface area contributed by atoms with E-state index in [1.165, 1.54) is 5.56 Å². The van der Waals surface area contributed by atoms with Gasteiger partial charge in [0.2, 0.25) is 0 Å². The number of morpholine rings is 1. The van der Waals surface area contributed by atoms with Crippen molar-refractivity contribution in [3.63, 3.8) is 0 Å². The van der Waals surface area contributed by atoms with Gasteiger partial charge in [-0.1, -0.05) is 32.0 Å². The standard InChI is InChI=1S/C18H29NO3/c1-3-16(2)17-6-4-5-7-18(17)22-15-14-21-13-10-19-8-11-20-12-9-19/h4-7,16H,3,8-15H2,1-2H3. The summed E-state index contributed by atoms with van der Waals surface area (Å²) in [6, 6.07) is 8.31. The average molecular weight is 307 g/mol. The second kappa shape index (κ2) is 9.82. The maximum Gasteiger partial charge on any atom is 0.122 e. The molecule has 0 saturated carbocycles. The highest BCUT2D eigenvalue weighted by Gasteiger charge is 2.10. The minimum atomic E-state index is 0.526. The van der Waals surface area contributed by atoms with E-state index in [4.69, 9.17) is 14.2 Å². The van der Waals surface area contributed by atoms with E-state index in [1.807, 2.05) is 6.07 Å². The molecule has 124 valence electrons. The largest absolute Gasteiger partial charge is 0.491 e. The number of hydrogen-bond donors (Lipinski definition) is 0. The number of hydrogen-bond acceptors (Lipinski definition) is 4. The van der Waals surface area contributed by atoms with E-state index >= 15 is 0 Å². The first-order valence-corrected chi connectivity index (χ1v) is 8.40. The van der Waals surface area contributed by atoms with Gasteiger partial charge in [-0.2, -0.15) is 0 Å². The molecule has 1 heterocycles. The van der Waals surface area contributed by atoms with Gasteiger partial charge in [0, 0.05) is 19.6 Å². The van der Waals surface area contributed by atoms with Gasteiger partial charge in [0.25, 0.3) is 0 Å². The number of para-hydroxylation sites is 1. The molecule has 0 bridgehead atoms. The quantitative estimate of drug-likeness (QED) is 0.656. The predicted octanol–water partition coefficient (Wildman–Crippen LogP) is 2.93. The maximum absolute atomic E-state index is 5.89. The zero-order valence-corrected chi connectivity index (χ0v) is 13.9. The first-order chi connectivity index (χ1) is 10.8. The Hall–Kier alpha value is -1.10. The molecule has 0 radical (unpaired) electrons. The van der Waals surface area contributed by atoms with Crippen LogP contribution in [0.4, 0.5) is 0 Å². The second-order valence-corrected chi connectivity index (χ2v) is 5.76. The molecule has 0 spiro atoms. The van der Waals surface area contributed by atoms with Crippen LogP contribution in [-0.4, -0.2) is 57.6 Å². The van der Waals surface area contributed by atoms with Gasteiger partial charge in [0.05, 0.1) is 26.4 Å². The van der Waals surface area contributed by atoms with E-state index in [2.05, 4.69) is 36.9 Å². The summed E-state index contributed by atoms with van der Waals surface area (Å²) in [5, 5.41) is 0. The Bertz CT molecular complexity index is 419. The Labute approximate surface area is 134 Å². The third-order valence-electron chi connectivity index (χ3n) is 4.20. The highest BCUT2D eigenvalue weighted by Crippen LogP contribution is 2.28. The topological polar surface area (TPSA) is 30.9 Å². The highest BCUT2D eigenvalue weighted by atomic mass is 16.5. The monoisotopic (exact) mass is 307 g/mol. The molecule has 4 heteroatoms. The SMILES string of the molecule is CCC(C)c1ccccc1OCCOCCN1CCOCC1. The molecule has 4 nitrogen and oxygen atoms in total. The lowest BCUT2D eigenvalue weighted by atomic mass is 9.98. The molecule has 1 aromatic carbocycles. The van der Waals surface area contributed by atoms with Gasteiger partial charge in [-0.25, -0.2) is 0 Å². The van der Waals surface area contributed by atoms with Crippen molar-refractivity contribution >= 4 is 0 Å². The van der Waals surface area contributed by atoms with Crippen molar-refractivity contribution in [3.05, 3.63) is 29.8 Å². The van der Waals surface area contributed by atoms with Gasteiger partial charge in [0.1, 0.15) is 12.4 Å². The maximum atomic E-state index is 5.89. The van der Waals surface area contributed by atoms with E-state index in [-0.39, 0.29) is 0 Å². The molecular formula is C18H29NO3. The fourth-order valence-corrected chi connectivity index (χ4v) is 2.57. The Morgan fingerprint density at radius 2 is 1.91 bits per heavy atom. The normalized spacial score (nSPS) is 17.4. The molecular weight excluding hydrogens is 278 g/mol. The zero-order valence-electron chi connectivity index (χ0n) is 13.9. The molecule has 1 atom stereocenters. The summed E-state index contributed by atoms with van der Waals surface area (Å²) in [4.78, 5) is 2.38. The molecule has 0 amide bonds. The summed E-state index contributed by atoms with van der Waals surface area (Å²) in [7, 11) is 0. The van der Waals surface area contributed by atoms with E-state index in [0.717, 1.165) is 51.6 Å². The van der Waals surface area contributed by atoms with Crippen molar-refractivity contribution in [2.24, 2.45) is 0 Å². The van der Waals surface area contributed by atoms with Crippen molar-refractivity contribution in [1.29, 1.82) is 0 Å². The molecule has 1 saturated heterocycles. The third kappa shape index (κ3) is 5.59. The fraction of sp³-hybridized carbons (Fsp3) is 0.667. The lowest BCUT2D eigenvalue weighted by molar-refractivity contribution is 0.0170. The van der Waals surface area contributed by atoms with E-state index < -0.39 is 0 Å². The summed E-state index contributed by atoms with van der Waals surface area (Å²) in [5.41, 5.74) is 1.29. The van der Waals surface area contributed by atoms with E-state index in [0.29, 0.717) is 19.1 Å². The molecule has 0 aliphatic carbocycles. The van der Waals surface area contributed by atoms with Crippen LogP contribution in [-0.2, 0) is 9.47 Å². The van der Waals surface area contributed by atoms with Gasteiger partial charge in [-0.3, -0.25) is 4.90 Å². The van der Waals surface area contributed by atoms with Crippen LogP contribution < -0.4 is 4.74 Å². The Morgan fingerprint density at radius 3 is 2.68 bits per heavy atom. The van der Waals surface area contributed by atoms with Crippen molar-refractivity contribution in [1.82, 2.24) is 4.90 Å². The lowest BCUT2D eigenvalue weighted by Gasteiger charge is -2.26. The molecule has 1 fully saturated rings. The predicted molar refractivity (Wildman–Crippen MR) is 88.7 cm³/mol.